The minimum atomic E-state index is -3.00. The number of ether oxygens (including phenoxy) is 1. The zero-order valence-electron chi connectivity index (χ0n) is 16.7. The fourth-order valence-corrected chi connectivity index (χ4v) is 3.51. The predicted octanol–water partition coefficient (Wildman–Crippen LogP) is 5.20. The molecule has 0 saturated carbocycles. The Bertz CT molecular complexity index is 1370. The Morgan fingerprint density at radius 2 is 1.81 bits per heavy atom. The number of halogens is 3. The fourth-order valence-electron chi connectivity index (χ4n) is 3.28. The molecule has 1 N–H and O–H groups in total. The second kappa shape index (κ2) is 8.76. The van der Waals surface area contributed by atoms with Crippen molar-refractivity contribution in [1.82, 2.24) is 9.55 Å². The molecule has 162 valence electrons. The lowest BCUT2D eigenvalue weighted by Gasteiger charge is -2.12. The normalized spacial score (nSPS) is 11.0. The van der Waals surface area contributed by atoms with Crippen LogP contribution in [0, 0.1) is 6.92 Å². The quantitative estimate of drug-likeness (QED) is 0.449. The number of fused-ring (bicyclic) bond motifs is 1. The van der Waals surface area contributed by atoms with E-state index in [2.05, 4.69) is 15.0 Å². The third kappa shape index (κ3) is 4.31. The molecule has 0 atom stereocenters. The SMILES string of the molecule is Cc1nc2ccccc2c(=O)n1-c1ccc(C(=O)Nc2ccc(OC(F)F)c(Cl)c2)cc1. The number of aromatic nitrogens is 2. The van der Waals surface area contributed by atoms with Crippen LogP contribution in [0.4, 0.5) is 14.5 Å². The molecule has 0 fully saturated rings. The summed E-state index contributed by atoms with van der Waals surface area (Å²) >= 11 is 5.91. The largest absolute Gasteiger partial charge is 0.433 e. The van der Waals surface area contributed by atoms with E-state index in [1.807, 2.05) is 6.07 Å². The number of carbonyl (C=O) groups excluding carboxylic acids is 1. The molecular formula is C23H16ClF2N3O3. The van der Waals surface area contributed by atoms with Crippen LogP contribution in [-0.4, -0.2) is 22.1 Å². The van der Waals surface area contributed by atoms with E-state index in [0.717, 1.165) is 0 Å². The highest BCUT2D eigenvalue weighted by molar-refractivity contribution is 6.32. The number of hydrogen-bond donors (Lipinski definition) is 1. The summed E-state index contributed by atoms with van der Waals surface area (Å²) in [7, 11) is 0. The van der Waals surface area contributed by atoms with Crippen LogP contribution in [0.3, 0.4) is 0 Å². The monoisotopic (exact) mass is 455 g/mol. The number of nitrogens with zero attached hydrogens (tertiary/aromatic N) is 2. The molecule has 0 aliphatic rings. The number of amides is 1. The summed E-state index contributed by atoms with van der Waals surface area (Å²) in [6, 6.07) is 17.5. The maximum Gasteiger partial charge on any atom is 0.387 e. The molecule has 3 aromatic carbocycles. The number of carbonyl (C=O) groups is 1. The molecule has 1 heterocycles. The third-order valence-electron chi connectivity index (χ3n) is 4.74. The number of aryl methyl sites for hydroxylation is 1. The van der Waals surface area contributed by atoms with Crippen molar-refractivity contribution in [2.75, 3.05) is 5.32 Å². The van der Waals surface area contributed by atoms with Gasteiger partial charge in [-0.2, -0.15) is 8.78 Å². The van der Waals surface area contributed by atoms with Gasteiger partial charge in [0.15, 0.2) is 0 Å². The van der Waals surface area contributed by atoms with E-state index in [-0.39, 0.29) is 16.3 Å². The first kappa shape index (κ1) is 21.5. The summed E-state index contributed by atoms with van der Waals surface area (Å²) in [6.45, 7) is -1.26. The van der Waals surface area contributed by atoms with Gasteiger partial charge in [-0.3, -0.25) is 14.2 Å². The zero-order chi connectivity index (χ0) is 22.8. The van der Waals surface area contributed by atoms with Crippen molar-refractivity contribution in [2.45, 2.75) is 13.5 Å². The Kier molecular flexibility index (Phi) is 5.87. The van der Waals surface area contributed by atoms with E-state index in [0.29, 0.717) is 33.7 Å². The highest BCUT2D eigenvalue weighted by Crippen LogP contribution is 2.29. The Labute approximate surface area is 186 Å². The van der Waals surface area contributed by atoms with E-state index >= 15 is 0 Å². The molecule has 0 radical (unpaired) electrons. The van der Waals surface area contributed by atoms with Crippen LogP contribution >= 0.6 is 11.6 Å². The van der Waals surface area contributed by atoms with Crippen LogP contribution in [0.25, 0.3) is 16.6 Å². The van der Waals surface area contributed by atoms with E-state index < -0.39 is 12.5 Å². The molecule has 32 heavy (non-hydrogen) atoms. The first-order chi connectivity index (χ1) is 15.3. The van der Waals surface area contributed by atoms with Crippen LogP contribution < -0.4 is 15.6 Å². The van der Waals surface area contributed by atoms with Gasteiger partial charge in [0.2, 0.25) is 0 Å². The Hall–Kier alpha value is -3.78. The summed E-state index contributed by atoms with van der Waals surface area (Å²) < 4.78 is 30.4. The van der Waals surface area contributed by atoms with Crippen LogP contribution in [0.2, 0.25) is 5.02 Å². The van der Waals surface area contributed by atoms with Crippen LogP contribution in [-0.2, 0) is 0 Å². The lowest BCUT2D eigenvalue weighted by molar-refractivity contribution is -0.0497. The molecule has 0 bridgehead atoms. The van der Waals surface area contributed by atoms with Gasteiger partial charge < -0.3 is 10.1 Å². The van der Waals surface area contributed by atoms with Crippen molar-refractivity contribution < 1.29 is 18.3 Å². The van der Waals surface area contributed by atoms with Gasteiger partial charge in [0.1, 0.15) is 11.6 Å². The summed E-state index contributed by atoms with van der Waals surface area (Å²) in [5.74, 6) is -0.101. The Balaban J connectivity index is 1.57. The second-order valence-corrected chi connectivity index (χ2v) is 7.25. The van der Waals surface area contributed by atoms with Gasteiger partial charge in [0.05, 0.1) is 21.6 Å². The maximum absolute atomic E-state index is 12.9. The van der Waals surface area contributed by atoms with Gasteiger partial charge in [0, 0.05) is 11.3 Å². The molecule has 0 spiro atoms. The van der Waals surface area contributed by atoms with E-state index in [4.69, 9.17) is 11.6 Å². The van der Waals surface area contributed by atoms with Crippen molar-refractivity contribution in [2.24, 2.45) is 0 Å². The molecule has 4 rings (SSSR count). The topological polar surface area (TPSA) is 73.2 Å². The van der Waals surface area contributed by atoms with Crippen molar-refractivity contribution in [3.8, 4) is 11.4 Å². The van der Waals surface area contributed by atoms with Gasteiger partial charge in [-0.25, -0.2) is 4.98 Å². The molecular weight excluding hydrogens is 440 g/mol. The molecule has 0 aliphatic carbocycles. The summed E-state index contributed by atoms with van der Waals surface area (Å²) in [4.78, 5) is 29.9. The van der Waals surface area contributed by atoms with Gasteiger partial charge >= 0.3 is 6.61 Å². The molecule has 9 heteroatoms. The van der Waals surface area contributed by atoms with Gasteiger partial charge in [-0.15, -0.1) is 0 Å². The average Bonchev–Trinajstić information content (AvgIpc) is 2.76. The van der Waals surface area contributed by atoms with Crippen molar-refractivity contribution in [1.29, 1.82) is 0 Å². The number of nitrogens with one attached hydrogen (secondary N) is 1. The minimum Gasteiger partial charge on any atom is -0.433 e. The highest BCUT2D eigenvalue weighted by atomic mass is 35.5. The number of rotatable bonds is 5. The molecule has 0 aliphatic heterocycles. The predicted molar refractivity (Wildman–Crippen MR) is 118 cm³/mol. The number of anilines is 1. The van der Waals surface area contributed by atoms with Crippen molar-refractivity contribution in [3.63, 3.8) is 0 Å². The average molecular weight is 456 g/mol. The molecule has 0 saturated heterocycles. The number of alkyl halides is 2. The molecule has 1 amide bonds. The van der Waals surface area contributed by atoms with Crippen LogP contribution in [0.15, 0.2) is 71.5 Å². The number of benzene rings is 3. The minimum absolute atomic E-state index is 0.0582. The molecule has 4 aromatic rings. The summed E-state index contributed by atoms with van der Waals surface area (Å²) in [5.41, 5.74) is 1.63. The van der Waals surface area contributed by atoms with E-state index in [1.54, 1.807) is 49.4 Å². The molecule has 0 unspecified atom stereocenters. The first-order valence-electron chi connectivity index (χ1n) is 9.48. The zero-order valence-corrected chi connectivity index (χ0v) is 17.4. The lowest BCUT2D eigenvalue weighted by atomic mass is 10.1. The summed E-state index contributed by atoms with van der Waals surface area (Å²) in [5, 5.41) is 3.08. The maximum atomic E-state index is 12.9. The summed E-state index contributed by atoms with van der Waals surface area (Å²) in [6.07, 6.45) is 0. The van der Waals surface area contributed by atoms with E-state index in [9.17, 15) is 18.4 Å². The Morgan fingerprint density at radius 1 is 1.09 bits per heavy atom. The highest BCUT2D eigenvalue weighted by Gasteiger charge is 2.13. The van der Waals surface area contributed by atoms with Crippen molar-refractivity contribution >= 4 is 34.1 Å². The van der Waals surface area contributed by atoms with Gasteiger partial charge in [-0.05, 0) is 61.5 Å². The van der Waals surface area contributed by atoms with E-state index in [1.165, 1.54) is 22.8 Å². The smallest absolute Gasteiger partial charge is 0.387 e. The fraction of sp³-hybridized carbons (Fsp3) is 0.0870. The van der Waals surface area contributed by atoms with Crippen molar-refractivity contribution in [3.05, 3.63) is 93.5 Å². The molecule has 1 aromatic heterocycles. The number of para-hydroxylation sites is 1. The molecule has 6 nitrogen and oxygen atoms in total. The van der Waals surface area contributed by atoms with Gasteiger partial charge in [-0.1, -0.05) is 23.7 Å². The van der Waals surface area contributed by atoms with Crippen LogP contribution in [0.5, 0.6) is 5.75 Å². The third-order valence-corrected chi connectivity index (χ3v) is 5.03. The second-order valence-electron chi connectivity index (χ2n) is 6.84. The standard InChI is InChI=1S/C23H16ClF2N3O3/c1-13-27-19-5-3-2-4-17(19)22(31)29(13)16-9-6-14(7-10-16)21(30)28-15-8-11-20(18(24)12-15)32-23(25)26/h2-12,23H,1H3,(H,28,30). The van der Waals surface area contributed by atoms with Crippen LogP contribution in [0.1, 0.15) is 16.2 Å². The Morgan fingerprint density at radius 3 is 2.50 bits per heavy atom. The van der Waals surface area contributed by atoms with Gasteiger partial charge in [0.25, 0.3) is 11.5 Å². The number of hydrogen-bond acceptors (Lipinski definition) is 4. The lowest BCUT2D eigenvalue weighted by Crippen LogP contribution is -2.22. The first-order valence-corrected chi connectivity index (χ1v) is 9.86.